The number of rotatable bonds is 7. The number of aromatic nitrogens is 1. The summed E-state index contributed by atoms with van der Waals surface area (Å²) in [6.45, 7) is 9.84. The van der Waals surface area contributed by atoms with E-state index in [1.807, 2.05) is 33.8 Å². The summed E-state index contributed by atoms with van der Waals surface area (Å²) >= 11 is 0. The van der Waals surface area contributed by atoms with Crippen LogP contribution in [0.25, 0.3) is 0 Å². The minimum absolute atomic E-state index is 0.172. The molecule has 0 bridgehead atoms. The van der Waals surface area contributed by atoms with Crippen LogP contribution in [0.1, 0.15) is 80.9 Å². The lowest BCUT2D eigenvalue weighted by Crippen LogP contribution is -2.31. The monoisotopic (exact) mass is 375 g/mol. The molecule has 27 heavy (non-hydrogen) atoms. The van der Waals surface area contributed by atoms with Gasteiger partial charge in [-0.25, -0.2) is 14.2 Å². The zero-order valence-electron chi connectivity index (χ0n) is 16.9. The SMILES string of the molecule is COC(=O)c1cc(C(C)C)cn1C(=O)OC(C)(C)CCC(C)c1ccoc1. The minimum Gasteiger partial charge on any atom is -0.472 e. The van der Waals surface area contributed by atoms with E-state index < -0.39 is 17.7 Å². The van der Waals surface area contributed by atoms with Crippen LogP contribution in [0.2, 0.25) is 0 Å². The molecule has 0 saturated carbocycles. The first-order valence-electron chi connectivity index (χ1n) is 9.20. The molecule has 148 valence electrons. The van der Waals surface area contributed by atoms with E-state index in [1.165, 1.54) is 11.7 Å². The van der Waals surface area contributed by atoms with E-state index in [9.17, 15) is 9.59 Å². The maximum absolute atomic E-state index is 12.7. The van der Waals surface area contributed by atoms with Gasteiger partial charge in [-0.15, -0.1) is 0 Å². The molecule has 1 atom stereocenters. The molecule has 2 aromatic heterocycles. The van der Waals surface area contributed by atoms with Gasteiger partial charge in [0.25, 0.3) is 0 Å². The Bertz CT molecular complexity index is 771. The summed E-state index contributed by atoms with van der Waals surface area (Å²) in [7, 11) is 1.29. The molecule has 0 aliphatic heterocycles. The van der Waals surface area contributed by atoms with Gasteiger partial charge in [-0.05, 0) is 61.8 Å². The molecule has 0 fully saturated rings. The largest absolute Gasteiger partial charge is 0.472 e. The van der Waals surface area contributed by atoms with E-state index in [-0.39, 0.29) is 11.6 Å². The van der Waals surface area contributed by atoms with Crippen LogP contribution in [-0.4, -0.2) is 29.3 Å². The van der Waals surface area contributed by atoms with Crippen molar-refractivity contribution in [3.63, 3.8) is 0 Å². The van der Waals surface area contributed by atoms with Crippen LogP contribution in [0, 0.1) is 0 Å². The van der Waals surface area contributed by atoms with Gasteiger partial charge < -0.3 is 13.9 Å². The van der Waals surface area contributed by atoms with Gasteiger partial charge in [0.2, 0.25) is 0 Å². The molecular weight excluding hydrogens is 346 g/mol. The molecule has 6 nitrogen and oxygen atoms in total. The third-order valence-corrected chi connectivity index (χ3v) is 4.75. The predicted molar refractivity (Wildman–Crippen MR) is 102 cm³/mol. The van der Waals surface area contributed by atoms with Crippen molar-refractivity contribution in [1.82, 2.24) is 4.57 Å². The number of furan rings is 1. The molecule has 2 rings (SSSR count). The third-order valence-electron chi connectivity index (χ3n) is 4.75. The molecule has 0 radical (unpaired) electrons. The fourth-order valence-electron chi connectivity index (χ4n) is 2.83. The highest BCUT2D eigenvalue weighted by atomic mass is 16.6. The molecule has 6 heteroatoms. The Morgan fingerprint density at radius 1 is 1.22 bits per heavy atom. The first-order chi connectivity index (χ1) is 12.6. The molecule has 1 unspecified atom stereocenters. The summed E-state index contributed by atoms with van der Waals surface area (Å²) in [5, 5.41) is 0. The zero-order valence-corrected chi connectivity index (χ0v) is 16.9. The highest BCUT2D eigenvalue weighted by Gasteiger charge is 2.28. The summed E-state index contributed by atoms with van der Waals surface area (Å²) in [6.07, 6.45) is 5.97. The van der Waals surface area contributed by atoms with Gasteiger partial charge in [-0.3, -0.25) is 0 Å². The molecule has 0 aromatic carbocycles. The lowest BCUT2D eigenvalue weighted by Gasteiger charge is -2.26. The lowest BCUT2D eigenvalue weighted by molar-refractivity contribution is 0.0294. The molecule has 0 N–H and O–H groups in total. The van der Waals surface area contributed by atoms with Crippen LogP contribution >= 0.6 is 0 Å². The fourth-order valence-corrected chi connectivity index (χ4v) is 2.83. The summed E-state index contributed by atoms with van der Waals surface area (Å²) < 4.78 is 16.9. The normalized spacial score (nSPS) is 12.9. The van der Waals surface area contributed by atoms with Crippen molar-refractivity contribution >= 4 is 12.1 Å². The number of carbonyl (C=O) groups excluding carboxylic acids is 2. The standard InChI is InChI=1S/C21H29NO5/c1-14(2)17-11-18(19(23)25-6)22(12-17)20(24)27-21(4,5)9-7-15(3)16-8-10-26-13-16/h8,10-15H,7,9H2,1-6H3. The van der Waals surface area contributed by atoms with Gasteiger partial charge in [0, 0.05) is 6.20 Å². The number of nitrogens with zero attached hydrogens (tertiary/aromatic N) is 1. The number of hydrogen-bond acceptors (Lipinski definition) is 5. The van der Waals surface area contributed by atoms with Gasteiger partial charge in [-0.1, -0.05) is 20.8 Å². The first-order valence-corrected chi connectivity index (χ1v) is 9.20. The Hall–Kier alpha value is -2.50. The lowest BCUT2D eigenvalue weighted by atomic mass is 9.92. The Balaban J connectivity index is 2.09. The Morgan fingerprint density at radius 2 is 1.93 bits per heavy atom. The maximum atomic E-state index is 12.7. The second-order valence-corrected chi connectivity index (χ2v) is 7.80. The topological polar surface area (TPSA) is 70.7 Å². The first kappa shape index (κ1) is 20.8. The van der Waals surface area contributed by atoms with Crippen LogP contribution in [-0.2, 0) is 9.47 Å². The van der Waals surface area contributed by atoms with Crippen molar-refractivity contribution in [2.24, 2.45) is 0 Å². The minimum atomic E-state index is -0.676. The zero-order chi connectivity index (χ0) is 20.2. The quantitative estimate of drug-likeness (QED) is 0.611. The second-order valence-electron chi connectivity index (χ2n) is 7.80. The molecule has 0 aliphatic rings. The molecule has 2 heterocycles. The van der Waals surface area contributed by atoms with Gasteiger partial charge >= 0.3 is 12.1 Å². The molecule has 0 aliphatic carbocycles. The van der Waals surface area contributed by atoms with Crippen molar-refractivity contribution in [2.75, 3.05) is 7.11 Å². The summed E-state index contributed by atoms with van der Waals surface area (Å²) in [5.41, 5.74) is 1.50. The van der Waals surface area contributed by atoms with E-state index in [0.717, 1.165) is 17.5 Å². The Labute approximate surface area is 160 Å². The number of hydrogen-bond donors (Lipinski definition) is 0. The second kappa shape index (κ2) is 8.46. The Kier molecular flexibility index (Phi) is 6.52. The van der Waals surface area contributed by atoms with Crippen LogP contribution < -0.4 is 0 Å². The van der Waals surface area contributed by atoms with E-state index in [1.54, 1.807) is 24.8 Å². The smallest absolute Gasteiger partial charge is 0.419 e. The highest BCUT2D eigenvalue weighted by Crippen LogP contribution is 2.27. The van der Waals surface area contributed by atoms with Gasteiger partial charge in [0.15, 0.2) is 0 Å². The number of esters is 1. The van der Waals surface area contributed by atoms with Crippen LogP contribution in [0.15, 0.2) is 35.3 Å². The predicted octanol–water partition coefficient (Wildman–Crippen LogP) is 5.34. The molecule has 0 spiro atoms. The van der Waals surface area contributed by atoms with Gasteiger partial charge in [0.1, 0.15) is 11.3 Å². The maximum Gasteiger partial charge on any atom is 0.419 e. The number of carbonyl (C=O) groups is 2. The van der Waals surface area contributed by atoms with Crippen molar-refractivity contribution in [3.05, 3.63) is 47.7 Å². The summed E-state index contributed by atoms with van der Waals surface area (Å²) in [5.74, 6) is -0.0945. The highest BCUT2D eigenvalue weighted by molar-refractivity contribution is 5.92. The van der Waals surface area contributed by atoms with Crippen molar-refractivity contribution in [1.29, 1.82) is 0 Å². The molecule has 0 amide bonds. The molecular formula is C21H29NO5. The van der Waals surface area contributed by atoms with Crippen molar-refractivity contribution in [3.8, 4) is 0 Å². The van der Waals surface area contributed by atoms with Crippen LogP contribution in [0.5, 0.6) is 0 Å². The summed E-state index contributed by atoms with van der Waals surface area (Å²) in [6, 6.07) is 3.62. The molecule has 2 aromatic rings. The van der Waals surface area contributed by atoms with Crippen molar-refractivity contribution in [2.45, 2.75) is 64.9 Å². The molecule has 0 saturated heterocycles. The fraction of sp³-hybridized carbons (Fsp3) is 0.524. The van der Waals surface area contributed by atoms with Gasteiger partial charge in [-0.2, -0.15) is 0 Å². The van der Waals surface area contributed by atoms with E-state index >= 15 is 0 Å². The number of methoxy groups -OCH3 is 1. The average Bonchev–Trinajstić information content (AvgIpc) is 3.28. The summed E-state index contributed by atoms with van der Waals surface area (Å²) in [4.78, 5) is 24.8. The number of ether oxygens (including phenoxy) is 2. The van der Waals surface area contributed by atoms with E-state index in [2.05, 4.69) is 6.92 Å². The van der Waals surface area contributed by atoms with E-state index in [0.29, 0.717) is 12.3 Å². The average molecular weight is 375 g/mol. The van der Waals surface area contributed by atoms with Crippen LogP contribution in [0.3, 0.4) is 0 Å². The Morgan fingerprint density at radius 3 is 2.48 bits per heavy atom. The van der Waals surface area contributed by atoms with E-state index in [4.69, 9.17) is 13.9 Å². The third kappa shape index (κ3) is 5.25. The van der Waals surface area contributed by atoms with Crippen LogP contribution in [0.4, 0.5) is 4.79 Å². The van der Waals surface area contributed by atoms with Gasteiger partial charge in [0.05, 0.1) is 19.6 Å². The van der Waals surface area contributed by atoms with Crippen molar-refractivity contribution < 1.29 is 23.5 Å².